The van der Waals surface area contributed by atoms with Gasteiger partial charge in [0.05, 0.1) is 5.69 Å². The molecule has 1 aliphatic heterocycles. The molecule has 15 heavy (non-hydrogen) atoms. The molecule has 82 valence electrons. The van der Waals surface area contributed by atoms with Gasteiger partial charge in [0.25, 0.3) is 0 Å². The summed E-state index contributed by atoms with van der Waals surface area (Å²) in [5, 5.41) is 8.04. The molecule has 1 N–H and O–H groups in total. The van der Waals surface area contributed by atoms with E-state index in [1.54, 1.807) is 0 Å². The lowest BCUT2D eigenvalue weighted by molar-refractivity contribution is 0.382. The highest BCUT2D eigenvalue weighted by Gasteiger charge is 2.25. The molecule has 1 aromatic rings. The van der Waals surface area contributed by atoms with Crippen molar-refractivity contribution in [1.29, 1.82) is 0 Å². The highest BCUT2D eigenvalue weighted by Crippen LogP contribution is 2.32. The van der Waals surface area contributed by atoms with E-state index in [0.29, 0.717) is 6.04 Å². The van der Waals surface area contributed by atoms with Gasteiger partial charge in [-0.25, -0.2) is 0 Å². The fraction of sp³-hybridized carbons (Fsp3) is 0.750. The summed E-state index contributed by atoms with van der Waals surface area (Å²) in [7, 11) is 0. The zero-order valence-electron chi connectivity index (χ0n) is 9.15. The molecule has 1 aliphatic carbocycles. The summed E-state index contributed by atoms with van der Waals surface area (Å²) >= 11 is 0. The topological polar surface area (TPSA) is 29.9 Å². The van der Waals surface area contributed by atoms with Crippen molar-refractivity contribution in [2.24, 2.45) is 5.92 Å². The lowest BCUT2D eigenvalue weighted by atomic mass is 10.0. The molecule has 2 fully saturated rings. The maximum Gasteiger partial charge on any atom is 0.0553 e. The first-order valence-electron chi connectivity index (χ1n) is 6.18. The molecule has 0 aromatic carbocycles. The predicted octanol–water partition coefficient (Wildman–Crippen LogP) is 2.11. The molecule has 3 nitrogen and oxygen atoms in total. The Morgan fingerprint density at radius 3 is 3.00 bits per heavy atom. The van der Waals surface area contributed by atoms with Crippen LogP contribution in [0.3, 0.4) is 0 Å². The van der Waals surface area contributed by atoms with Crippen molar-refractivity contribution in [3.8, 4) is 0 Å². The number of hydrogen-bond acceptors (Lipinski definition) is 2. The zero-order chi connectivity index (χ0) is 10.1. The summed E-state index contributed by atoms with van der Waals surface area (Å²) in [5.41, 5.74) is 1.40. The maximum atomic E-state index is 4.45. The van der Waals surface area contributed by atoms with Gasteiger partial charge in [-0.15, -0.1) is 0 Å². The van der Waals surface area contributed by atoms with Crippen molar-refractivity contribution in [3.05, 3.63) is 18.0 Å². The standard InChI is InChI=1S/C12H19N3/c1-2-7-13-11(3-1)12-6-8-14-15(12)9-10-4-5-10/h6,8,10-11,13H,1-5,7,9H2. The van der Waals surface area contributed by atoms with Gasteiger partial charge in [-0.1, -0.05) is 6.42 Å². The molecular weight excluding hydrogens is 186 g/mol. The Hall–Kier alpha value is -0.830. The van der Waals surface area contributed by atoms with Gasteiger partial charge in [-0.05, 0) is 44.2 Å². The van der Waals surface area contributed by atoms with Crippen LogP contribution in [0.25, 0.3) is 0 Å². The molecule has 1 saturated heterocycles. The van der Waals surface area contributed by atoms with E-state index in [1.165, 1.54) is 44.3 Å². The highest BCUT2D eigenvalue weighted by atomic mass is 15.3. The molecule has 0 bridgehead atoms. The minimum atomic E-state index is 0.556. The quantitative estimate of drug-likeness (QED) is 0.819. The van der Waals surface area contributed by atoms with Crippen LogP contribution in [0.5, 0.6) is 0 Å². The zero-order valence-corrected chi connectivity index (χ0v) is 9.15. The van der Waals surface area contributed by atoms with E-state index in [1.807, 2.05) is 6.20 Å². The summed E-state index contributed by atoms with van der Waals surface area (Å²) in [6, 6.07) is 2.74. The summed E-state index contributed by atoms with van der Waals surface area (Å²) < 4.78 is 2.22. The van der Waals surface area contributed by atoms with Crippen molar-refractivity contribution < 1.29 is 0 Å². The number of piperidine rings is 1. The molecule has 2 heterocycles. The van der Waals surface area contributed by atoms with Crippen LogP contribution in [0.1, 0.15) is 43.8 Å². The van der Waals surface area contributed by atoms with Crippen molar-refractivity contribution in [3.63, 3.8) is 0 Å². The number of nitrogens with zero attached hydrogens (tertiary/aromatic N) is 2. The monoisotopic (exact) mass is 205 g/mol. The van der Waals surface area contributed by atoms with Gasteiger partial charge in [0.1, 0.15) is 0 Å². The Morgan fingerprint density at radius 1 is 1.33 bits per heavy atom. The third-order valence-electron chi connectivity index (χ3n) is 3.54. The number of nitrogens with one attached hydrogen (secondary N) is 1. The number of rotatable bonds is 3. The number of aromatic nitrogens is 2. The van der Waals surface area contributed by atoms with E-state index in [-0.39, 0.29) is 0 Å². The number of hydrogen-bond donors (Lipinski definition) is 1. The first-order valence-corrected chi connectivity index (χ1v) is 6.18. The summed E-state index contributed by atoms with van der Waals surface area (Å²) in [6.45, 7) is 2.31. The van der Waals surface area contributed by atoms with E-state index >= 15 is 0 Å². The Bertz CT molecular complexity index is 321. The third-order valence-corrected chi connectivity index (χ3v) is 3.54. The smallest absolute Gasteiger partial charge is 0.0553 e. The molecule has 1 atom stereocenters. The Morgan fingerprint density at radius 2 is 2.27 bits per heavy atom. The molecule has 1 saturated carbocycles. The van der Waals surface area contributed by atoms with Crippen LogP contribution < -0.4 is 5.32 Å². The van der Waals surface area contributed by atoms with Crippen LogP contribution in [-0.4, -0.2) is 16.3 Å². The molecular formula is C12H19N3. The van der Waals surface area contributed by atoms with Crippen molar-refractivity contribution in [2.75, 3.05) is 6.54 Å². The van der Waals surface area contributed by atoms with E-state index in [0.717, 1.165) is 12.5 Å². The highest BCUT2D eigenvalue weighted by molar-refractivity contribution is 5.08. The normalized spacial score (nSPS) is 26.8. The summed E-state index contributed by atoms with van der Waals surface area (Å²) in [5.74, 6) is 0.909. The SMILES string of the molecule is c1cc(C2CCCCN2)n(CC2CC2)n1. The lowest BCUT2D eigenvalue weighted by Crippen LogP contribution is -2.29. The average Bonchev–Trinajstić information content (AvgIpc) is 2.96. The second-order valence-corrected chi connectivity index (χ2v) is 4.88. The second-order valence-electron chi connectivity index (χ2n) is 4.88. The van der Waals surface area contributed by atoms with Gasteiger partial charge in [0, 0.05) is 18.8 Å². The van der Waals surface area contributed by atoms with Crippen LogP contribution in [-0.2, 0) is 6.54 Å². The molecule has 1 unspecified atom stereocenters. The van der Waals surface area contributed by atoms with Gasteiger partial charge >= 0.3 is 0 Å². The molecule has 3 heteroatoms. The molecule has 0 radical (unpaired) electrons. The average molecular weight is 205 g/mol. The fourth-order valence-corrected chi connectivity index (χ4v) is 2.44. The van der Waals surface area contributed by atoms with E-state index in [4.69, 9.17) is 0 Å². The first kappa shape index (κ1) is 9.40. The van der Waals surface area contributed by atoms with Gasteiger partial charge in [-0.2, -0.15) is 5.10 Å². The van der Waals surface area contributed by atoms with Crippen LogP contribution in [0, 0.1) is 5.92 Å². The van der Waals surface area contributed by atoms with Crippen LogP contribution in [0.2, 0.25) is 0 Å². The van der Waals surface area contributed by atoms with Crippen LogP contribution >= 0.6 is 0 Å². The molecule has 0 amide bonds. The van der Waals surface area contributed by atoms with E-state index < -0.39 is 0 Å². The molecule has 3 rings (SSSR count). The van der Waals surface area contributed by atoms with E-state index in [2.05, 4.69) is 21.2 Å². The predicted molar refractivity (Wildman–Crippen MR) is 59.5 cm³/mol. The molecule has 2 aliphatic rings. The van der Waals surface area contributed by atoms with Crippen molar-refractivity contribution >= 4 is 0 Å². The Kier molecular flexibility index (Phi) is 2.49. The lowest BCUT2D eigenvalue weighted by Gasteiger charge is -2.24. The van der Waals surface area contributed by atoms with Gasteiger partial charge in [0.15, 0.2) is 0 Å². The van der Waals surface area contributed by atoms with Crippen LogP contribution in [0.4, 0.5) is 0 Å². The van der Waals surface area contributed by atoms with Gasteiger partial charge in [-0.3, -0.25) is 4.68 Å². The van der Waals surface area contributed by atoms with Crippen LogP contribution in [0.15, 0.2) is 12.3 Å². The maximum absolute atomic E-state index is 4.45. The van der Waals surface area contributed by atoms with Gasteiger partial charge in [0.2, 0.25) is 0 Å². The Labute approximate surface area is 90.9 Å². The van der Waals surface area contributed by atoms with Gasteiger partial charge < -0.3 is 5.32 Å². The third kappa shape index (κ3) is 2.07. The summed E-state index contributed by atoms with van der Waals surface area (Å²) in [6.07, 6.45) is 8.71. The fourth-order valence-electron chi connectivity index (χ4n) is 2.44. The van der Waals surface area contributed by atoms with Crippen molar-refractivity contribution in [2.45, 2.75) is 44.7 Å². The minimum Gasteiger partial charge on any atom is -0.309 e. The minimum absolute atomic E-state index is 0.556. The molecule has 1 aromatic heterocycles. The first-order chi connectivity index (χ1) is 7.43. The van der Waals surface area contributed by atoms with E-state index in [9.17, 15) is 0 Å². The second kappa shape index (κ2) is 3.97. The van der Waals surface area contributed by atoms with Crippen molar-refractivity contribution in [1.82, 2.24) is 15.1 Å². The summed E-state index contributed by atoms with van der Waals surface area (Å²) in [4.78, 5) is 0. The molecule has 0 spiro atoms. The largest absolute Gasteiger partial charge is 0.309 e. The Balaban J connectivity index is 1.73.